The van der Waals surface area contributed by atoms with E-state index in [1.165, 1.54) is 23.1 Å². The molecule has 0 saturated carbocycles. The minimum absolute atomic E-state index is 0.258. The number of aromatic nitrogens is 7. The number of nitrogens with zero attached hydrogens (tertiary/aromatic N) is 8. The predicted molar refractivity (Wildman–Crippen MR) is 190 cm³/mol. The fraction of sp³-hybridized carbons (Fsp3) is 0.139. The van der Waals surface area contributed by atoms with Gasteiger partial charge in [0.2, 0.25) is 4.80 Å². The Bertz CT molecular complexity index is 2410. The van der Waals surface area contributed by atoms with E-state index in [9.17, 15) is 9.59 Å². The molecule has 0 aliphatic heterocycles. The molecule has 0 unspecified atom stereocenters. The van der Waals surface area contributed by atoms with Gasteiger partial charge in [-0.3, -0.25) is 4.79 Å². The maximum absolute atomic E-state index is 13.6. The minimum atomic E-state index is -0.444. The second-order valence-corrected chi connectivity index (χ2v) is 12.6. The molecule has 11 nitrogen and oxygen atoms in total. The molecular formula is C36H30N8O3S2. The number of para-hydroxylation sites is 3. The third kappa shape index (κ3) is 5.98. The Hall–Kier alpha value is -5.66. The topological polar surface area (TPSA) is 122 Å². The first-order valence-corrected chi connectivity index (χ1v) is 17.5. The van der Waals surface area contributed by atoms with Crippen molar-refractivity contribution in [3.8, 4) is 33.6 Å². The van der Waals surface area contributed by atoms with Crippen LogP contribution in [0.3, 0.4) is 0 Å². The second kappa shape index (κ2) is 13.5. The summed E-state index contributed by atoms with van der Waals surface area (Å²) in [4.78, 5) is 40.8. The number of amides is 1. The van der Waals surface area contributed by atoms with Gasteiger partial charge in [0.05, 0.1) is 40.1 Å². The summed E-state index contributed by atoms with van der Waals surface area (Å²) < 4.78 is 10.7. The number of aryl methyl sites for hydroxylation is 2. The van der Waals surface area contributed by atoms with E-state index < -0.39 is 11.9 Å². The number of esters is 1. The van der Waals surface area contributed by atoms with Crippen molar-refractivity contribution < 1.29 is 14.3 Å². The molecule has 4 aromatic heterocycles. The van der Waals surface area contributed by atoms with Crippen LogP contribution in [0.4, 0.5) is 0 Å². The first-order valence-electron chi connectivity index (χ1n) is 15.4. The molecular weight excluding hydrogens is 657 g/mol. The lowest BCUT2D eigenvalue weighted by Crippen LogP contribution is -2.21. The van der Waals surface area contributed by atoms with Gasteiger partial charge >= 0.3 is 5.97 Å². The number of pyridine rings is 1. The van der Waals surface area contributed by atoms with Gasteiger partial charge in [-0.2, -0.15) is 19.9 Å². The molecule has 7 aromatic rings. The number of carbonyl (C=O) groups is 2. The van der Waals surface area contributed by atoms with Crippen molar-refractivity contribution in [2.24, 2.45) is 12.0 Å². The van der Waals surface area contributed by atoms with E-state index in [-0.39, 0.29) is 6.61 Å². The number of imidazole rings is 1. The third-order valence-electron chi connectivity index (χ3n) is 7.81. The Labute approximate surface area is 289 Å². The van der Waals surface area contributed by atoms with E-state index in [4.69, 9.17) is 24.9 Å². The van der Waals surface area contributed by atoms with Gasteiger partial charge in [0.25, 0.3) is 5.91 Å². The fourth-order valence-electron chi connectivity index (χ4n) is 5.47. The van der Waals surface area contributed by atoms with E-state index in [0.29, 0.717) is 49.0 Å². The van der Waals surface area contributed by atoms with Gasteiger partial charge in [-0.15, -0.1) is 11.8 Å². The highest BCUT2D eigenvalue weighted by molar-refractivity contribution is 7.98. The van der Waals surface area contributed by atoms with Crippen LogP contribution < -0.4 is 4.80 Å². The van der Waals surface area contributed by atoms with Crippen LogP contribution in [0.5, 0.6) is 0 Å². The average Bonchev–Trinajstić information content (AvgIpc) is 3.82. The van der Waals surface area contributed by atoms with E-state index in [2.05, 4.69) is 4.99 Å². The fourth-order valence-corrected chi connectivity index (χ4v) is 6.88. The molecule has 0 spiro atoms. The van der Waals surface area contributed by atoms with E-state index >= 15 is 0 Å². The van der Waals surface area contributed by atoms with Crippen LogP contribution in [-0.2, 0) is 11.8 Å². The molecule has 0 aliphatic carbocycles. The largest absolute Gasteiger partial charge is 0.462 e. The number of ether oxygens (including phenoxy) is 1. The number of fused-ring (bicyclic) bond motifs is 1. The van der Waals surface area contributed by atoms with Crippen LogP contribution in [0.1, 0.15) is 33.3 Å². The van der Waals surface area contributed by atoms with Crippen molar-refractivity contribution in [3.63, 3.8) is 0 Å². The van der Waals surface area contributed by atoms with Crippen LogP contribution in [0.15, 0.2) is 107 Å². The van der Waals surface area contributed by atoms with E-state index in [1.54, 1.807) is 59.6 Å². The summed E-state index contributed by atoms with van der Waals surface area (Å²) in [6, 6.07) is 30.0. The maximum atomic E-state index is 13.6. The highest BCUT2D eigenvalue weighted by Crippen LogP contribution is 2.37. The average molecular weight is 687 g/mol. The standard InChI is InChI=1S/C36H30N8O3S2/c1-5-47-35(46)25-20-21-27(37-22(25)2)32-40-44(36(49-32)39-31(45)23-14-8-6-9-15-23)34-29(30-38-26-18-12-13-19-28(26)42(30)3)33(48-4)41-43(34)24-16-10-7-11-17-24/h6-21H,5H2,1-4H3. The number of hydrogen-bond donors (Lipinski definition) is 0. The molecule has 0 N–H and O–H groups in total. The normalized spacial score (nSPS) is 11.7. The summed E-state index contributed by atoms with van der Waals surface area (Å²) in [5.74, 6) is 0.362. The molecule has 49 heavy (non-hydrogen) atoms. The van der Waals surface area contributed by atoms with Crippen molar-refractivity contribution >= 4 is 46.0 Å². The third-order valence-corrected chi connectivity index (χ3v) is 9.42. The van der Waals surface area contributed by atoms with Crippen LogP contribution in [-0.4, -0.2) is 58.8 Å². The van der Waals surface area contributed by atoms with Crippen molar-refractivity contribution in [3.05, 3.63) is 119 Å². The summed E-state index contributed by atoms with van der Waals surface area (Å²) in [5, 5.41) is 11.3. The molecule has 244 valence electrons. The quantitative estimate of drug-likeness (QED) is 0.128. The lowest BCUT2D eigenvalue weighted by Gasteiger charge is -2.10. The Kier molecular flexibility index (Phi) is 8.76. The lowest BCUT2D eigenvalue weighted by molar-refractivity contribution is 0.0525. The Morgan fingerprint density at radius 2 is 1.59 bits per heavy atom. The zero-order chi connectivity index (χ0) is 34.1. The summed E-state index contributed by atoms with van der Waals surface area (Å²) in [7, 11) is 1.97. The van der Waals surface area contributed by atoms with Crippen LogP contribution in [0.25, 0.3) is 44.6 Å². The number of carbonyl (C=O) groups excluding carboxylic acids is 2. The first-order chi connectivity index (χ1) is 23.9. The zero-order valence-corrected chi connectivity index (χ0v) is 28.7. The number of thioether (sulfide) groups is 1. The summed E-state index contributed by atoms with van der Waals surface area (Å²) in [6.45, 7) is 3.77. The number of benzene rings is 3. The van der Waals surface area contributed by atoms with Crippen molar-refractivity contribution in [1.29, 1.82) is 0 Å². The lowest BCUT2D eigenvalue weighted by atomic mass is 10.2. The van der Waals surface area contributed by atoms with Crippen LogP contribution in [0.2, 0.25) is 0 Å². The Balaban J connectivity index is 1.53. The zero-order valence-electron chi connectivity index (χ0n) is 27.1. The molecule has 0 radical (unpaired) electrons. The van der Waals surface area contributed by atoms with Gasteiger partial charge in [0.1, 0.15) is 16.5 Å². The molecule has 0 bridgehead atoms. The van der Waals surface area contributed by atoms with Gasteiger partial charge in [0, 0.05) is 12.6 Å². The first kappa shape index (κ1) is 31.9. The summed E-state index contributed by atoms with van der Waals surface area (Å²) >= 11 is 2.69. The minimum Gasteiger partial charge on any atom is -0.462 e. The monoisotopic (exact) mass is 686 g/mol. The van der Waals surface area contributed by atoms with E-state index in [0.717, 1.165) is 22.3 Å². The molecule has 13 heteroatoms. The molecule has 0 aliphatic rings. The van der Waals surface area contributed by atoms with Gasteiger partial charge in [-0.05, 0) is 68.6 Å². The highest BCUT2D eigenvalue weighted by Gasteiger charge is 2.28. The molecule has 1 amide bonds. The number of hydrogen-bond acceptors (Lipinski definition) is 9. The molecule has 0 fully saturated rings. The molecule has 7 rings (SSSR count). The van der Waals surface area contributed by atoms with Gasteiger partial charge < -0.3 is 9.30 Å². The van der Waals surface area contributed by atoms with Gasteiger partial charge in [-0.25, -0.2) is 19.4 Å². The van der Waals surface area contributed by atoms with Gasteiger partial charge in [0.15, 0.2) is 10.8 Å². The summed E-state index contributed by atoms with van der Waals surface area (Å²) in [6.07, 6.45) is 1.97. The number of rotatable bonds is 8. The van der Waals surface area contributed by atoms with Gasteiger partial charge in [-0.1, -0.05) is 59.9 Å². The smallest absolute Gasteiger partial charge is 0.339 e. The highest BCUT2D eigenvalue weighted by atomic mass is 32.2. The van der Waals surface area contributed by atoms with Crippen LogP contribution in [0, 0.1) is 6.92 Å². The molecule has 0 saturated heterocycles. The Morgan fingerprint density at radius 1 is 0.878 bits per heavy atom. The SMILES string of the molecule is CCOC(=O)c1ccc(-c2nn(-c3c(-c4nc5ccccc5n4C)c(SC)nn3-c3ccccc3)c(=NC(=O)c3ccccc3)s2)nc1C. The second-order valence-electron chi connectivity index (χ2n) is 10.9. The maximum Gasteiger partial charge on any atom is 0.339 e. The molecule has 0 atom stereocenters. The van der Waals surface area contributed by atoms with Crippen molar-refractivity contribution in [2.45, 2.75) is 18.9 Å². The van der Waals surface area contributed by atoms with Crippen LogP contribution >= 0.6 is 23.1 Å². The summed E-state index contributed by atoms with van der Waals surface area (Å²) in [5.41, 5.74) is 5.12. The van der Waals surface area contributed by atoms with Crippen molar-refractivity contribution in [1.82, 2.24) is 34.1 Å². The van der Waals surface area contributed by atoms with E-state index in [1.807, 2.05) is 78.5 Å². The molecule has 4 heterocycles. The Morgan fingerprint density at radius 3 is 2.29 bits per heavy atom. The predicted octanol–water partition coefficient (Wildman–Crippen LogP) is 6.68. The van der Waals surface area contributed by atoms with Crippen molar-refractivity contribution in [2.75, 3.05) is 12.9 Å². The molecule has 3 aromatic carbocycles.